The van der Waals surface area contributed by atoms with Crippen LogP contribution in [0.1, 0.15) is 35.7 Å². The van der Waals surface area contributed by atoms with Gasteiger partial charge in [0.15, 0.2) is 5.60 Å². The second-order valence-electron chi connectivity index (χ2n) is 5.72. The van der Waals surface area contributed by atoms with Crippen molar-refractivity contribution in [2.24, 2.45) is 0 Å². The third-order valence-electron chi connectivity index (χ3n) is 4.14. The lowest BCUT2D eigenvalue weighted by molar-refractivity contribution is -0.258. The van der Waals surface area contributed by atoms with Crippen molar-refractivity contribution in [3.05, 3.63) is 35.4 Å². The van der Waals surface area contributed by atoms with Gasteiger partial charge in [0.25, 0.3) is 5.91 Å². The van der Waals surface area contributed by atoms with Gasteiger partial charge in [-0.3, -0.25) is 9.08 Å². The Morgan fingerprint density at radius 2 is 2.00 bits per heavy atom. The molecule has 2 rings (SSSR count). The van der Waals surface area contributed by atoms with E-state index in [1.807, 2.05) is 0 Å². The summed E-state index contributed by atoms with van der Waals surface area (Å²) in [5.41, 5.74) is -3.02. The quantitative estimate of drug-likeness (QED) is 0.906. The fraction of sp³-hybridized carbons (Fsp3) is 0.533. The predicted molar refractivity (Wildman–Crippen MR) is 77.9 cm³/mol. The molecule has 1 saturated heterocycles. The van der Waals surface area contributed by atoms with E-state index >= 15 is 0 Å². The average molecular weight is 352 g/mol. The minimum absolute atomic E-state index is 0.141. The Hall–Kier alpha value is -1.31. The van der Waals surface area contributed by atoms with E-state index in [0.717, 1.165) is 25.0 Å². The predicted octanol–water partition coefficient (Wildman–Crippen LogP) is 3.23. The van der Waals surface area contributed by atoms with Gasteiger partial charge in [0.1, 0.15) is 0 Å². The Balaban J connectivity index is 2.18. The third kappa shape index (κ3) is 3.62. The number of alkyl halides is 3. The maximum absolute atomic E-state index is 12.8. The lowest BCUT2D eigenvalue weighted by atomic mass is 9.94. The third-order valence-corrected chi connectivity index (χ3v) is 4.27. The van der Waals surface area contributed by atoms with Crippen molar-refractivity contribution in [2.75, 3.05) is 13.2 Å². The summed E-state index contributed by atoms with van der Waals surface area (Å²) >= 11 is 5.24. The summed E-state index contributed by atoms with van der Waals surface area (Å²) in [6.07, 6.45) is -3.22. The van der Waals surface area contributed by atoms with Crippen LogP contribution in [0.2, 0.25) is 0 Å². The molecule has 1 heterocycles. The molecule has 0 spiro atoms. The molecular formula is C15H17ClF3NO3. The summed E-state index contributed by atoms with van der Waals surface area (Å²) < 4.78 is 43.0. The van der Waals surface area contributed by atoms with E-state index in [9.17, 15) is 23.1 Å². The van der Waals surface area contributed by atoms with Crippen LogP contribution in [0.5, 0.6) is 0 Å². The molecule has 1 unspecified atom stereocenters. The standard InChI is InChI=1S/C15H17ClF3NO3/c1-14(22,15(17,18)19)11-6-4-10(5-7-11)13(21)20-8-2-3-12(20)9-23-16/h4-7,12,22H,2-3,8-9H2,1H3/t12-,14?/m0/s1. The van der Waals surface area contributed by atoms with Crippen molar-refractivity contribution >= 4 is 17.8 Å². The van der Waals surface area contributed by atoms with Gasteiger partial charge < -0.3 is 10.0 Å². The highest BCUT2D eigenvalue weighted by Crippen LogP contribution is 2.38. The molecule has 8 heteroatoms. The normalized spacial score (nSPS) is 21.3. The zero-order valence-corrected chi connectivity index (χ0v) is 13.2. The molecule has 23 heavy (non-hydrogen) atoms. The highest BCUT2D eigenvalue weighted by Gasteiger charge is 2.51. The number of hydrogen-bond acceptors (Lipinski definition) is 3. The minimum Gasteiger partial charge on any atom is -0.376 e. The smallest absolute Gasteiger partial charge is 0.376 e. The fourth-order valence-corrected chi connectivity index (χ4v) is 2.76. The van der Waals surface area contributed by atoms with E-state index < -0.39 is 11.8 Å². The van der Waals surface area contributed by atoms with E-state index in [1.54, 1.807) is 4.90 Å². The number of hydrogen-bond donors (Lipinski definition) is 1. The molecule has 1 aromatic rings. The van der Waals surface area contributed by atoms with Crippen LogP contribution in [0.25, 0.3) is 0 Å². The van der Waals surface area contributed by atoms with E-state index in [0.29, 0.717) is 13.5 Å². The minimum atomic E-state index is -4.80. The summed E-state index contributed by atoms with van der Waals surface area (Å²) in [5.74, 6) is -0.292. The van der Waals surface area contributed by atoms with Gasteiger partial charge in [-0.25, -0.2) is 0 Å². The number of carbonyl (C=O) groups is 1. The molecular weight excluding hydrogens is 335 g/mol. The van der Waals surface area contributed by atoms with E-state index in [1.165, 1.54) is 12.1 Å². The number of amides is 1. The van der Waals surface area contributed by atoms with Gasteiger partial charge in [0.05, 0.1) is 24.5 Å². The average Bonchev–Trinajstić information content (AvgIpc) is 2.94. The molecule has 0 bridgehead atoms. The van der Waals surface area contributed by atoms with Crippen LogP contribution >= 0.6 is 11.9 Å². The number of halogens is 4. The monoisotopic (exact) mass is 351 g/mol. The first-order valence-electron chi connectivity index (χ1n) is 7.12. The van der Waals surface area contributed by atoms with Gasteiger partial charge in [0.2, 0.25) is 0 Å². The summed E-state index contributed by atoms with van der Waals surface area (Å²) in [5, 5.41) is 9.62. The van der Waals surface area contributed by atoms with Crippen molar-refractivity contribution in [1.82, 2.24) is 4.90 Å². The van der Waals surface area contributed by atoms with Crippen LogP contribution in [0, 0.1) is 0 Å². The Bertz CT molecular complexity index is 560. The maximum Gasteiger partial charge on any atom is 0.421 e. The number of benzene rings is 1. The van der Waals surface area contributed by atoms with Crippen molar-refractivity contribution in [3.8, 4) is 0 Å². The largest absolute Gasteiger partial charge is 0.421 e. The Kier molecular flexibility index (Phi) is 5.23. The number of nitrogens with zero attached hydrogens (tertiary/aromatic N) is 1. The highest BCUT2D eigenvalue weighted by molar-refractivity contribution is 6.07. The Morgan fingerprint density at radius 1 is 1.39 bits per heavy atom. The molecule has 1 N–H and O–H groups in total. The topological polar surface area (TPSA) is 49.8 Å². The van der Waals surface area contributed by atoms with Gasteiger partial charge in [-0.2, -0.15) is 13.2 Å². The zero-order chi connectivity index (χ0) is 17.3. The van der Waals surface area contributed by atoms with Gasteiger partial charge in [-0.15, -0.1) is 0 Å². The summed E-state index contributed by atoms with van der Waals surface area (Å²) in [6.45, 7) is 1.43. The number of likely N-dealkylation sites (tertiary alicyclic amines) is 1. The van der Waals surface area contributed by atoms with Crippen LogP contribution < -0.4 is 0 Å². The second-order valence-corrected chi connectivity index (χ2v) is 5.94. The highest BCUT2D eigenvalue weighted by atomic mass is 35.5. The van der Waals surface area contributed by atoms with E-state index in [4.69, 9.17) is 11.9 Å². The molecule has 0 aromatic heterocycles. The van der Waals surface area contributed by atoms with Gasteiger partial charge in [-0.05, 0) is 37.5 Å². The zero-order valence-electron chi connectivity index (χ0n) is 12.4. The second kappa shape index (κ2) is 6.67. The van der Waals surface area contributed by atoms with Crippen molar-refractivity contribution in [3.63, 3.8) is 0 Å². The molecule has 0 radical (unpaired) electrons. The Labute approximate surface area is 137 Å². The molecule has 1 aromatic carbocycles. The molecule has 1 aliphatic rings. The van der Waals surface area contributed by atoms with Crippen LogP contribution in [0.15, 0.2) is 24.3 Å². The number of carbonyl (C=O) groups excluding carboxylic acids is 1. The molecule has 4 nitrogen and oxygen atoms in total. The Morgan fingerprint density at radius 3 is 2.52 bits per heavy atom. The van der Waals surface area contributed by atoms with Crippen LogP contribution in [0.4, 0.5) is 13.2 Å². The molecule has 0 aliphatic carbocycles. The first kappa shape index (κ1) is 18.0. The first-order valence-corrected chi connectivity index (χ1v) is 7.43. The van der Waals surface area contributed by atoms with Gasteiger partial charge in [0, 0.05) is 12.1 Å². The molecule has 2 atom stereocenters. The van der Waals surface area contributed by atoms with E-state index in [2.05, 4.69) is 4.29 Å². The van der Waals surface area contributed by atoms with Crippen LogP contribution in [0.3, 0.4) is 0 Å². The molecule has 1 fully saturated rings. The molecule has 1 amide bonds. The van der Waals surface area contributed by atoms with Gasteiger partial charge >= 0.3 is 6.18 Å². The molecule has 1 aliphatic heterocycles. The summed E-state index contributed by atoms with van der Waals surface area (Å²) in [6, 6.07) is 4.66. The lowest BCUT2D eigenvalue weighted by Gasteiger charge is -2.27. The van der Waals surface area contributed by atoms with Crippen LogP contribution in [-0.2, 0) is 9.89 Å². The first-order chi connectivity index (χ1) is 10.7. The maximum atomic E-state index is 12.8. The summed E-state index contributed by atoms with van der Waals surface area (Å²) in [4.78, 5) is 14.0. The lowest BCUT2D eigenvalue weighted by Crippen LogP contribution is -2.39. The fourth-order valence-electron chi connectivity index (χ4n) is 2.62. The molecule has 0 saturated carbocycles. The van der Waals surface area contributed by atoms with Crippen LogP contribution in [-0.4, -0.2) is 41.3 Å². The van der Waals surface area contributed by atoms with Gasteiger partial charge in [-0.1, -0.05) is 12.1 Å². The summed E-state index contributed by atoms with van der Waals surface area (Å²) in [7, 11) is 0. The van der Waals surface area contributed by atoms with Crippen molar-refractivity contribution in [1.29, 1.82) is 0 Å². The van der Waals surface area contributed by atoms with Crippen molar-refractivity contribution < 1.29 is 27.4 Å². The van der Waals surface area contributed by atoms with E-state index in [-0.39, 0.29) is 29.7 Å². The van der Waals surface area contributed by atoms with Crippen molar-refractivity contribution in [2.45, 2.75) is 37.6 Å². The number of aliphatic hydroxyl groups is 1. The molecule has 128 valence electrons. The SMILES string of the molecule is CC(O)(c1ccc(C(=O)N2CCC[C@H]2COCl)cc1)C(F)(F)F. The number of rotatable bonds is 4.